The van der Waals surface area contributed by atoms with Crippen LogP contribution in [0.25, 0.3) is 0 Å². The van der Waals surface area contributed by atoms with Gasteiger partial charge in [0, 0.05) is 4.47 Å². The second-order valence-electron chi connectivity index (χ2n) is 6.12. The molecule has 0 heterocycles. The van der Waals surface area contributed by atoms with Gasteiger partial charge in [0.25, 0.3) is 0 Å². The Morgan fingerprint density at radius 2 is 1.86 bits per heavy atom. The first-order chi connectivity index (χ1) is 9.57. The summed E-state index contributed by atoms with van der Waals surface area (Å²) in [5, 5.41) is 9.25. The summed E-state index contributed by atoms with van der Waals surface area (Å²) in [5.41, 5.74) is 0.626. The zero-order valence-corrected chi connectivity index (χ0v) is 14.6. The van der Waals surface area contributed by atoms with E-state index in [0.29, 0.717) is 10.9 Å². The number of hydrogen-bond donors (Lipinski definition) is 1. The van der Waals surface area contributed by atoms with Gasteiger partial charge in [-0.1, -0.05) is 43.6 Å². The van der Waals surface area contributed by atoms with E-state index >= 15 is 0 Å². The fourth-order valence-corrected chi connectivity index (χ4v) is 2.44. The normalized spacial score (nSPS) is 12.9. The maximum Gasteiger partial charge on any atom is 0.339 e. The molecule has 21 heavy (non-hydrogen) atoms. The van der Waals surface area contributed by atoms with E-state index in [1.807, 2.05) is 27.7 Å². The third-order valence-corrected chi connectivity index (χ3v) is 4.19. The van der Waals surface area contributed by atoms with Crippen LogP contribution in [0.15, 0.2) is 16.6 Å². The highest BCUT2D eigenvalue weighted by Gasteiger charge is 2.29. The van der Waals surface area contributed by atoms with E-state index in [1.54, 1.807) is 13.0 Å². The monoisotopic (exact) mass is 356 g/mol. The Balaban J connectivity index is 3.18. The van der Waals surface area contributed by atoms with Crippen LogP contribution >= 0.6 is 15.9 Å². The minimum atomic E-state index is -1.15. The molecule has 0 aliphatic heterocycles. The van der Waals surface area contributed by atoms with Crippen molar-refractivity contribution in [1.29, 1.82) is 0 Å². The number of aryl methyl sites for hydroxylation is 1. The van der Waals surface area contributed by atoms with Crippen LogP contribution in [0.2, 0.25) is 0 Å². The van der Waals surface area contributed by atoms with Gasteiger partial charge in [0.2, 0.25) is 0 Å². The number of rotatable bonds is 4. The molecule has 0 amide bonds. The highest BCUT2D eigenvalue weighted by atomic mass is 79.9. The lowest BCUT2D eigenvalue weighted by molar-refractivity contribution is -0.00429. The van der Waals surface area contributed by atoms with Gasteiger partial charge in [0.15, 0.2) is 0 Å². The SMILES string of the molecule is CCC(OC(=O)c1cc(C)c(Br)cc1C(=O)O)C(C)(C)C. The van der Waals surface area contributed by atoms with Gasteiger partial charge in [-0.2, -0.15) is 0 Å². The summed E-state index contributed by atoms with van der Waals surface area (Å²) < 4.78 is 6.17. The van der Waals surface area contributed by atoms with Crippen LogP contribution in [0.3, 0.4) is 0 Å². The van der Waals surface area contributed by atoms with Gasteiger partial charge in [-0.05, 0) is 36.5 Å². The second kappa shape index (κ2) is 6.60. The molecule has 0 aliphatic rings. The molecular formula is C16H21BrO4. The molecule has 0 aliphatic carbocycles. The topological polar surface area (TPSA) is 63.6 Å². The van der Waals surface area contributed by atoms with E-state index in [-0.39, 0.29) is 22.6 Å². The van der Waals surface area contributed by atoms with Crippen molar-refractivity contribution in [3.8, 4) is 0 Å². The van der Waals surface area contributed by atoms with Crippen molar-refractivity contribution in [3.63, 3.8) is 0 Å². The zero-order chi connectivity index (χ0) is 16.4. The van der Waals surface area contributed by atoms with Crippen molar-refractivity contribution in [1.82, 2.24) is 0 Å². The number of carbonyl (C=O) groups is 2. The third-order valence-electron chi connectivity index (χ3n) is 3.34. The first-order valence-electron chi connectivity index (χ1n) is 6.82. The molecule has 0 radical (unpaired) electrons. The summed E-state index contributed by atoms with van der Waals surface area (Å²) in [6, 6.07) is 2.98. The standard InChI is InChI=1S/C16H21BrO4/c1-6-13(16(3,4)5)21-15(20)11-7-9(2)12(17)8-10(11)14(18)19/h7-8,13H,6H2,1-5H3,(H,18,19). The van der Waals surface area contributed by atoms with E-state index < -0.39 is 11.9 Å². The van der Waals surface area contributed by atoms with Gasteiger partial charge in [-0.15, -0.1) is 0 Å². The number of carbonyl (C=O) groups excluding carboxylic acids is 1. The first kappa shape index (κ1) is 17.7. The lowest BCUT2D eigenvalue weighted by atomic mass is 9.87. The number of carboxylic acids is 1. The molecule has 0 saturated carbocycles. The number of hydrogen-bond acceptors (Lipinski definition) is 3. The largest absolute Gasteiger partial charge is 0.478 e. The number of ether oxygens (including phenoxy) is 1. The van der Waals surface area contributed by atoms with E-state index in [2.05, 4.69) is 15.9 Å². The third kappa shape index (κ3) is 4.30. The summed E-state index contributed by atoms with van der Waals surface area (Å²) in [5.74, 6) is -1.74. The van der Waals surface area contributed by atoms with E-state index in [1.165, 1.54) is 6.07 Å². The Hall–Kier alpha value is -1.36. The average Bonchev–Trinajstić information content (AvgIpc) is 2.36. The lowest BCUT2D eigenvalue weighted by Crippen LogP contribution is -2.31. The Morgan fingerprint density at radius 1 is 1.29 bits per heavy atom. The molecule has 1 aromatic rings. The molecule has 5 heteroatoms. The van der Waals surface area contributed by atoms with Gasteiger partial charge in [0.05, 0.1) is 11.1 Å². The smallest absolute Gasteiger partial charge is 0.339 e. The van der Waals surface area contributed by atoms with Crippen molar-refractivity contribution in [2.24, 2.45) is 5.41 Å². The summed E-state index contributed by atoms with van der Waals surface area (Å²) in [6.07, 6.45) is 0.406. The van der Waals surface area contributed by atoms with Gasteiger partial charge >= 0.3 is 11.9 Å². The van der Waals surface area contributed by atoms with E-state index in [9.17, 15) is 14.7 Å². The van der Waals surface area contributed by atoms with Crippen molar-refractivity contribution in [2.75, 3.05) is 0 Å². The molecule has 1 atom stereocenters. The highest BCUT2D eigenvalue weighted by Crippen LogP contribution is 2.27. The van der Waals surface area contributed by atoms with Crippen LogP contribution in [0.4, 0.5) is 0 Å². The maximum atomic E-state index is 12.3. The Labute approximate surface area is 133 Å². The number of carboxylic acid groups (broad SMARTS) is 1. The Morgan fingerprint density at radius 3 is 2.29 bits per heavy atom. The minimum absolute atomic E-state index is 0.0544. The zero-order valence-electron chi connectivity index (χ0n) is 13.0. The fraction of sp³-hybridized carbons (Fsp3) is 0.500. The predicted molar refractivity (Wildman–Crippen MR) is 84.8 cm³/mol. The van der Waals surface area contributed by atoms with Crippen LogP contribution in [0.5, 0.6) is 0 Å². The summed E-state index contributed by atoms with van der Waals surface area (Å²) in [6.45, 7) is 9.69. The summed E-state index contributed by atoms with van der Waals surface area (Å²) in [7, 11) is 0. The van der Waals surface area contributed by atoms with E-state index in [4.69, 9.17) is 4.74 Å². The highest BCUT2D eigenvalue weighted by molar-refractivity contribution is 9.10. The van der Waals surface area contributed by atoms with Crippen LogP contribution in [-0.4, -0.2) is 23.1 Å². The fourth-order valence-electron chi connectivity index (χ4n) is 2.09. The Bertz CT molecular complexity index is 558. The van der Waals surface area contributed by atoms with Crippen molar-refractivity contribution in [3.05, 3.63) is 33.3 Å². The van der Waals surface area contributed by atoms with E-state index in [0.717, 1.165) is 5.56 Å². The van der Waals surface area contributed by atoms with Crippen molar-refractivity contribution >= 4 is 27.9 Å². The van der Waals surface area contributed by atoms with Gasteiger partial charge < -0.3 is 9.84 Å². The van der Waals surface area contributed by atoms with Crippen molar-refractivity contribution < 1.29 is 19.4 Å². The average molecular weight is 357 g/mol. The molecule has 1 aromatic carbocycles. The number of aromatic carboxylic acids is 1. The molecule has 1 N–H and O–H groups in total. The number of halogens is 1. The molecule has 0 fully saturated rings. The molecule has 116 valence electrons. The van der Waals surface area contributed by atoms with Crippen LogP contribution in [-0.2, 0) is 4.74 Å². The molecule has 0 aromatic heterocycles. The molecular weight excluding hydrogens is 336 g/mol. The predicted octanol–water partition coefficient (Wildman–Crippen LogP) is 4.44. The van der Waals surface area contributed by atoms with Gasteiger partial charge in [0.1, 0.15) is 6.10 Å². The van der Waals surface area contributed by atoms with Crippen molar-refractivity contribution in [2.45, 2.75) is 47.1 Å². The second-order valence-corrected chi connectivity index (χ2v) is 6.97. The molecule has 1 unspecified atom stereocenters. The maximum absolute atomic E-state index is 12.3. The summed E-state index contributed by atoms with van der Waals surface area (Å²) in [4.78, 5) is 23.7. The Kier molecular flexibility index (Phi) is 5.56. The molecule has 0 bridgehead atoms. The van der Waals surface area contributed by atoms with Gasteiger partial charge in [-0.3, -0.25) is 0 Å². The minimum Gasteiger partial charge on any atom is -0.478 e. The van der Waals surface area contributed by atoms with Gasteiger partial charge in [-0.25, -0.2) is 9.59 Å². The number of benzene rings is 1. The summed E-state index contributed by atoms with van der Waals surface area (Å²) >= 11 is 3.28. The molecule has 4 nitrogen and oxygen atoms in total. The number of esters is 1. The lowest BCUT2D eigenvalue weighted by Gasteiger charge is -2.29. The molecule has 0 saturated heterocycles. The quantitative estimate of drug-likeness (QED) is 0.810. The molecule has 0 spiro atoms. The first-order valence-corrected chi connectivity index (χ1v) is 7.61. The van der Waals surface area contributed by atoms with Crippen LogP contribution < -0.4 is 0 Å². The molecule has 1 rings (SSSR count). The van der Waals surface area contributed by atoms with Crippen LogP contribution in [0.1, 0.15) is 60.4 Å². The van der Waals surface area contributed by atoms with Crippen LogP contribution in [0, 0.1) is 12.3 Å².